The summed E-state index contributed by atoms with van der Waals surface area (Å²) >= 11 is 1.50. The highest BCUT2D eigenvalue weighted by atomic mass is 32.1. The van der Waals surface area contributed by atoms with E-state index in [0.717, 1.165) is 34.2 Å². The first kappa shape index (κ1) is 23.3. The van der Waals surface area contributed by atoms with Crippen LogP contribution in [0, 0.1) is 6.92 Å². The molecule has 0 saturated carbocycles. The van der Waals surface area contributed by atoms with Gasteiger partial charge in [-0.05, 0) is 39.4 Å². The van der Waals surface area contributed by atoms with E-state index in [1.54, 1.807) is 0 Å². The number of hydrogen-bond acceptors (Lipinski definition) is 4. The molecule has 1 heterocycles. The molecular formula is C22H35N3OS. The normalized spacial score (nSPS) is 10.7. The van der Waals surface area contributed by atoms with E-state index in [9.17, 15) is 4.79 Å². The van der Waals surface area contributed by atoms with Crippen molar-refractivity contribution < 1.29 is 4.79 Å². The predicted octanol–water partition coefficient (Wildman–Crippen LogP) is 5.29. The molecule has 2 aromatic rings. The highest BCUT2D eigenvalue weighted by molar-refractivity contribution is 7.17. The Kier molecular flexibility index (Phi) is 9.67. The lowest BCUT2D eigenvalue weighted by Gasteiger charge is -2.22. The van der Waals surface area contributed by atoms with Crippen molar-refractivity contribution in [3.8, 4) is 10.6 Å². The van der Waals surface area contributed by atoms with Gasteiger partial charge >= 0.3 is 0 Å². The molecule has 150 valence electrons. The maximum absolute atomic E-state index is 12.9. The van der Waals surface area contributed by atoms with Gasteiger partial charge in [-0.3, -0.25) is 4.79 Å². The molecule has 4 nitrogen and oxygen atoms in total. The maximum Gasteiger partial charge on any atom is 0.265 e. The summed E-state index contributed by atoms with van der Waals surface area (Å²) in [6, 6.07) is 8.50. The smallest absolute Gasteiger partial charge is 0.265 e. The zero-order valence-corrected chi connectivity index (χ0v) is 19.0. The Morgan fingerprint density at radius 2 is 1.70 bits per heavy atom. The topological polar surface area (TPSA) is 36.4 Å². The molecular weight excluding hydrogens is 354 g/mol. The molecule has 27 heavy (non-hydrogen) atoms. The van der Waals surface area contributed by atoms with Crippen LogP contribution in [0.25, 0.3) is 10.6 Å². The zero-order chi connectivity index (χ0) is 20.6. The molecule has 0 radical (unpaired) electrons. The number of likely N-dealkylation sites (N-methyl/N-ethyl adjacent to an activating group) is 2. The van der Waals surface area contributed by atoms with E-state index >= 15 is 0 Å². The molecule has 1 aromatic heterocycles. The van der Waals surface area contributed by atoms with Crippen LogP contribution in [0.15, 0.2) is 24.3 Å². The Morgan fingerprint density at radius 3 is 2.19 bits per heavy atom. The summed E-state index contributed by atoms with van der Waals surface area (Å²) in [6.07, 6.45) is 0. The zero-order valence-electron chi connectivity index (χ0n) is 18.2. The van der Waals surface area contributed by atoms with Crippen molar-refractivity contribution in [1.82, 2.24) is 14.8 Å². The van der Waals surface area contributed by atoms with Gasteiger partial charge in [0.05, 0.1) is 5.69 Å². The van der Waals surface area contributed by atoms with Gasteiger partial charge < -0.3 is 9.80 Å². The fourth-order valence-corrected chi connectivity index (χ4v) is 3.64. The third-order valence-electron chi connectivity index (χ3n) is 4.30. The van der Waals surface area contributed by atoms with Gasteiger partial charge in [0.1, 0.15) is 9.88 Å². The van der Waals surface area contributed by atoms with Gasteiger partial charge in [-0.25, -0.2) is 4.98 Å². The van der Waals surface area contributed by atoms with Crippen molar-refractivity contribution in [2.24, 2.45) is 0 Å². The Hall–Kier alpha value is -1.72. The monoisotopic (exact) mass is 389 g/mol. The molecule has 0 aliphatic heterocycles. The average Bonchev–Trinajstić information content (AvgIpc) is 3.05. The Labute approximate surface area is 169 Å². The van der Waals surface area contributed by atoms with Crippen LogP contribution in [0.5, 0.6) is 0 Å². The third kappa shape index (κ3) is 6.43. The summed E-state index contributed by atoms with van der Waals surface area (Å²) < 4.78 is 0. The molecule has 0 aliphatic rings. The fourth-order valence-electron chi connectivity index (χ4n) is 2.60. The van der Waals surface area contributed by atoms with Gasteiger partial charge in [-0.1, -0.05) is 52.0 Å². The van der Waals surface area contributed by atoms with E-state index in [0.29, 0.717) is 12.5 Å². The van der Waals surface area contributed by atoms with E-state index in [1.807, 2.05) is 46.7 Å². The van der Waals surface area contributed by atoms with Crippen LogP contribution in [0.2, 0.25) is 0 Å². The Bertz CT molecular complexity index is 705. The third-order valence-corrected chi connectivity index (χ3v) is 5.50. The first-order chi connectivity index (χ1) is 12.8. The minimum Gasteiger partial charge on any atom is -0.337 e. The SMILES string of the molecule is CC.CCN(CCN(C)C)C(=O)c1sc(-c2ccc(C(C)C)cc2)nc1C. The number of amides is 1. The highest BCUT2D eigenvalue weighted by Gasteiger charge is 2.21. The molecule has 1 amide bonds. The molecule has 0 N–H and O–H groups in total. The summed E-state index contributed by atoms with van der Waals surface area (Å²) in [4.78, 5) is 22.3. The lowest BCUT2D eigenvalue weighted by molar-refractivity contribution is 0.0758. The minimum absolute atomic E-state index is 0.0874. The van der Waals surface area contributed by atoms with Crippen LogP contribution in [-0.2, 0) is 0 Å². The van der Waals surface area contributed by atoms with Crippen molar-refractivity contribution >= 4 is 17.2 Å². The first-order valence-corrected chi connectivity index (χ1v) is 10.7. The molecule has 0 unspecified atom stereocenters. The van der Waals surface area contributed by atoms with Crippen molar-refractivity contribution in [3.05, 3.63) is 40.4 Å². The van der Waals surface area contributed by atoms with E-state index in [-0.39, 0.29) is 5.91 Å². The van der Waals surface area contributed by atoms with Gasteiger partial charge in [0.2, 0.25) is 0 Å². The molecule has 2 rings (SSSR count). The number of carbonyl (C=O) groups is 1. The molecule has 0 saturated heterocycles. The van der Waals surface area contributed by atoms with Crippen molar-refractivity contribution in [2.45, 2.75) is 47.5 Å². The standard InChI is InChI=1S/C20H29N3OS.C2H6/c1-7-23(13-12-22(5)6)20(24)18-15(4)21-19(25-18)17-10-8-16(9-11-17)14(2)3;1-2/h8-11,14H,7,12-13H2,1-6H3;1-2H3. The van der Waals surface area contributed by atoms with Gasteiger partial charge in [0.15, 0.2) is 0 Å². The Morgan fingerprint density at radius 1 is 1.11 bits per heavy atom. The van der Waals surface area contributed by atoms with Crippen LogP contribution in [0.4, 0.5) is 0 Å². The molecule has 0 aliphatic carbocycles. The van der Waals surface area contributed by atoms with Crippen LogP contribution >= 0.6 is 11.3 Å². The summed E-state index contributed by atoms with van der Waals surface area (Å²) in [7, 11) is 4.05. The van der Waals surface area contributed by atoms with Crippen LogP contribution < -0.4 is 0 Å². The lowest BCUT2D eigenvalue weighted by atomic mass is 10.0. The second kappa shape index (κ2) is 11.2. The van der Waals surface area contributed by atoms with Crippen molar-refractivity contribution in [1.29, 1.82) is 0 Å². The van der Waals surface area contributed by atoms with E-state index in [2.05, 4.69) is 48.0 Å². The van der Waals surface area contributed by atoms with E-state index < -0.39 is 0 Å². The molecule has 1 aromatic carbocycles. The number of benzene rings is 1. The minimum atomic E-state index is 0.0874. The van der Waals surface area contributed by atoms with Crippen LogP contribution in [0.1, 0.15) is 61.5 Å². The molecule has 0 spiro atoms. The maximum atomic E-state index is 12.9. The van der Waals surface area contributed by atoms with Crippen LogP contribution in [-0.4, -0.2) is 54.4 Å². The van der Waals surface area contributed by atoms with Crippen molar-refractivity contribution in [3.63, 3.8) is 0 Å². The summed E-state index contributed by atoms with van der Waals surface area (Å²) in [5, 5.41) is 0.916. The Balaban J connectivity index is 0.00000176. The van der Waals surface area contributed by atoms with Crippen LogP contribution in [0.3, 0.4) is 0 Å². The summed E-state index contributed by atoms with van der Waals surface area (Å²) in [6.45, 7) is 14.6. The quantitative estimate of drug-likeness (QED) is 0.645. The first-order valence-electron chi connectivity index (χ1n) is 9.85. The number of aryl methyl sites for hydroxylation is 1. The van der Waals surface area contributed by atoms with Crippen molar-refractivity contribution in [2.75, 3.05) is 33.7 Å². The molecule has 5 heteroatoms. The average molecular weight is 390 g/mol. The number of aromatic nitrogens is 1. The van der Waals surface area contributed by atoms with Gasteiger partial charge in [-0.15, -0.1) is 11.3 Å². The summed E-state index contributed by atoms with van der Waals surface area (Å²) in [5.74, 6) is 0.600. The number of rotatable bonds is 7. The number of carbonyl (C=O) groups excluding carboxylic acids is 1. The summed E-state index contributed by atoms with van der Waals surface area (Å²) in [5.41, 5.74) is 3.21. The lowest BCUT2D eigenvalue weighted by Crippen LogP contribution is -2.36. The predicted molar refractivity (Wildman–Crippen MR) is 118 cm³/mol. The number of nitrogens with zero attached hydrogens (tertiary/aromatic N) is 3. The second-order valence-electron chi connectivity index (χ2n) is 6.90. The number of hydrogen-bond donors (Lipinski definition) is 0. The second-order valence-corrected chi connectivity index (χ2v) is 7.90. The van der Waals surface area contributed by atoms with E-state index in [4.69, 9.17) is 0 Å². The molecule has 0 atom stereocenters. The molecule has 0 fully saturated rings. The largest absolute Gasteiger partial charge is 0.337 e. The van der Waals surface area contributed by atoms with Gasteiger partial charge in [-0.2, -0.15) is 0 Å². The van der Waals surface area contributed by atoms with E-state index in [1.165, 1.54) is 16.9 Å². The fraction of sp³-hybridized carbons (Fsp3) is 0.545. The van der Waals surface area contributed by atoms with Gasteiger partial charge in [0.25, 0.3) is 5.91 Å². The molecule has 0 bridgehead atoms. The van der Waals surface area contributed by atoms with Gasteiger partial charge in [0, 0.05) is 25.2 Å². The highest BCUT2D eigenvalue weighted by Crippen LogP contribution is 2.30. The number of thiazole rings is 1.